The minimum Gasteiger partial charge on any atom is -0.480 e. The molecule has 3 N–H and O–H groups in total. The monoisotopic (exact) mass is 271 g/mol. The lowest BCUT2D eigenvalue weighted by atomic mass is 10.1. The highest BCUT2D eigenvalue weighted by Crippen LogP contribution is 2.09. The Morgan fingerprint density at radius 2 is 1.95 bits per heavy atom. The van der Waals surface area contributed by atoms with Crippen LogP contribution in [-0.2, 0) is 4.79 Å². The molecule has 1 saturated heterocycles. The fourth-order valence-electron chi connectivity index (χ4n) is 2.29. The average Bonchev–Trinajstić information content (AvgIpc) is 2.85. The molecule has 2 amide bonds. The molecule has 110 valence electrons. The topological polar surface area (TPSA) is 81.7 Å². The van der Waals surface area contributed by atoms with Crippen molar-refractivity contribution in [2.45, 2.75) is 39.2 Å². The van der Waals surface area contributed by atoms with Gasteiger partial charge < -0.3 is 20.6 Å². The summed E-state index contributed by atoms with van der Waals surface area (Å²) in [5.41, 5.74) is 0. The Kier molecular flexibility index (Phi) is 6.62. The van der Waals surface area contributed by atoms with Gasteiger partial charge in [-0.3, -0.25) is 0 Å². The van der Waals surface area contributed by atoms with E-state index in [-0.39, 0.29) is 0 Å². The fourth-order valence-corrected chi connectivity index (χ4v) is 2.29. The summed E-state index contributed by atoms with van der Waals surface area (Å²) in [5.74, 6) is -0.628. The lowest BCUT2D eigenvalue weighted by molar-refractivity contribution is -0.139. The number of carbonyl (C=O) groups excluding carboxylic acids is 1. The third-order valence-corrected chi connectivity index (χ3v) is 3.39. The Morgan fingerprint density at radius 1 is 1.32 bits per heavy atom. The van der Waals surface area contributed by atoms with E-state index in [1.807, 2.05) is 0 Å². The molecule has 0 aliphatic carbocycles. The van der Waals surface area contributed by atoms with Gasteiger partial charge in [0.05, 0.1) is 0 Å². The molecule has 1 rings (SSSR count). The van der Waals surface area contributed by atoms with Gasteiger partial charge in [-0.15, -0.1) is 0 Å². The number of urea groups is 1. The molecule has 0 aromatic carbocycles. The lowest BCUT2D eigenvalue weighted by Gasteiger charge is -2.21. The van der Waals surface area contributed by atoms with Crippen LogP contribution in [0.4, 0.5) is 4.79 Å². The minimum absolute atomic E-state index is 0.369. The van der Waals surface area contributed by atoms with Gasteiger partial charge in [0.1, 0.15) is 6.04 Å². The van der Waals surface area contributed by atoms with Crippen LogP contribution >= 0.6 is 0 Å². The molecule has 1 aliphatic rings. The molecule has 19 heavy (non-hydrogen) atoms. The van der Waals surface area contributed by atoms with Gasteiger partial charge in [-0.25, -0.2) is 9.59 Å². The summed E-state index contributed by atoms with van der Waals surface area (Å²) in [5, 5.41) is 14.0. The zero-order valence-electron chi connectivity index (χ0n) is 11.8. The van der Waals surface area contributed by atoms with Gasteiger partial charge in [-0.1, -0.05) is 13.8 Å². The first kappa shape index (κ1) is 15.8. The second-order valence-corrected chi connectivity index (χ2v) is 5.27. The zero-order chi connectivity index (χ0) is 14.3. The van der Waals surface area contributed by atoms with Crippen molar-refractivity contribution in [2.75, 3.05) is 26.2 Å². The number of aliphatic carboxylic acids is 1. The number of nitrogens with zero attached hydrogens (tertiary/aromatic N) is 1. The average molecular weight is 271 g/mol. The summed E-state index contributed by atoms with van der Waals surface area (Å²) in [7, 11) is 0. The Morgan fingerprint density at radius 3 is 2.47 bits per heavy atom. The van der Waals surface area contributed by atoms with Gasteiger partial charge in [0.15, 0.2) is 0 Å². The molecule has 0 aromatic heterocycles. The van der Waals surface area contributed by atoms with Crippen LogP contribution in [0.5, 0.6) is 0 Å². The van der Waals surface area contributed by atoms with E-state index in [1.54, 1.807) is 6.92 Å². The molecule has 6 heteroatoms. The maximum absolute atomic E-state index is 11.6. The molecular formula is C13H25N3O3. The highest BCUT2D eigenvalue weighted by Gasteiger charge is 2.18. The van der Waals surface area contributed by atoms with Gasteiger partial charge in [0.2, 0.25) is 0 Å². The number of amides is 2. The van der Waals surface area contributed by atoms with Crippen LogP contribution < -0.4 is 10.6 Å². The normalized spacial score (nSPS) is 18.8. The minimum atomic E-state index is -0.997. The number of carboxylic acids is 1. The predicted octanol–water partition coefficient (Wildman–Crippen LogP) is 0.881. The molecular weight excluding hydrogens is 246 g/mol. The summed E-state index contributed by atoms with van der Waals surface area (Å²) in [6, 6.07) is -1.21. The second kappa shape index (κ2) is 7.99. The van der Waals surface area contributed by atoms with Crippen molar-refractivity contribution < 1.29 is 14.7 Å². The van der Waals surface area contributed by atoms with Crippen LogP contribution in [0.2, 0.25) is 0 Å². The highest BCUT2D eigenvalue weighted by molar-refractivity contribution is 5.82. The fraction of sp³-hybridized carbons (Fsp3) is 0.846. The number of hydrogen-bond acceptors (Lipinski definition) is 3. The molecule has 0 saturated carbocycles. The van der Waals surface area contributed by atoms with E-state index < -0.39 is 18.0 Å². The molecule has 1 fully saturated rings. The first-order valence-corrected chi connectivity index (χ1v) is 7.02. The second-order valence-electron chi connectivity index (χ2n) is 5.27. The molecule has 1 aliphatic heterocycles. The van der Waals surface area contributed by atoms with Crippen LogP contribution in [0.1, 0.15) is 33.1 Å². The molecule has 0 radical (unpaired) electrons. The molecule has 0 aromatic rings. The molecule has 2 unspecified atom stereocenters. The van der Waals surface area contributed by atoms with E-state index in [0.717, 1.165) is 19.6 Å². The van der Waals surface area contributed by atoms with E-state index in [0.29, 0.717) is 18.9 Å². The summed E-state index contributed by atoms with van der Waals surface area (Å²) in [4.78, 5) is 24.7. The predicted molar refractivity (Wildman–Crippen MR) is 73.1 cm³/mol. The summed E-state index contributed by atoms with van der Waals surface area (Å²) in [6.45, 7) is 7.66. The Bertz CT molecular complexity index is 304. The summed E-state index contributed by atoms with van der Waals surface area (Å²) < 4.78 is 0. The first-order valence-electron chi connectivity index (χ1n) is 7.02. The summed E-state index contributed by atoms with van der Waals surface area (Å²) >= 11 is 0. The quantitative estimate of drug-likeness (QED) is 0.642. The van der Waals surface area contributed by atoms with Crippen LogP contribution in [0, 0.1) is 5.92 Å². The summed E-state index contributed by atoms with van der Waals surface area (Å²) in [6.07, 6.45) is 2.90. The van der Waals surface area contributed by atoms with Gasteiger partial charge in [0, 0.05) is 13.1 Å². The van der Waals surface area contributed by atoms with Gasteiger partial charge in [-0.05, 0) is 38.3 Å². The van der Waals surface area contributed by atoms with Crippen LogP contribution in [0.3, 0.4) is 0 Å². The van der Waals surface area contributed by atoms with Crippen molar-refractivity contribution >= 4 is 12.0 Å². The number of carbonyl (C=O) groups is 2. The van der Waals surface area contributed by atoms with Crippen molar-refractivity contribution in [1.82, 2.24) is 15.5 Å². The maximum Gasteiger partial charge on any atom is 0.326 e. The number of likely N-dealkylation sites (tertiary alicyclic amines) is 1. The van der Waals surface area contributed by atoms with Crippen molar-refractivity contribution in [3.63, 3.8) is 0 Å². The Balaban J connectivity index is 2.19. The van der Waals surface area contributed by atoms with Gasteiger partial charge in [0.25, 0.3) is 0 Å². The first-order chi connectivity index (χ1) is 9.02. The van der Waals surface area contributed by atoms with E-state index >= 15 is 0 Å². The highest BCUT2D eigenvalue weighted by atomic mass is 16.4. The number of hydrogen-bond donors (Lipinski definition) is 3. The van der Waals surface area contributed by atoms with Crippen LogP contribution in [0.15, 0.2) is 0 Å². The SMILES string of the molecule is CCC(NC(=O)NCC(C)CN1CCCC1)C(=O)O. The van der Waals surface area contributed by atoms with E-state index in [1.165, 1.54) is 12.8 Å². The largest absolute Gasteiger partial charge is 0.480 e. The third kappa shape index (κ3) is 5.92. The van der Waals surface area contributed by atoms with Gasteiger partial charge in [-0.2, -0.15) is 0 Å². The molecule has 6 nitrogen and oxygen atoms in total. The standard InChI is InChI=1S/C13H25N3O3/c1-3-11(12(17)18)15-13(19)14-8-10(2)9-16-6-4-5-7-16/h10-11H,3-9H2,1-2H3,(H,17,18)(H2,14,15,19). The maximum atomic E-state index is 11.6. The number of nitrogens with one attached hydrogen (secondary N) is 2. The molecule has 2 atom stereocenters. The zero-order valence-corrected chi connectivity index (χ0v) is 11.8. The Labute approximate surface area is 114 Å². The number of rotatable bonds is 7. The van der Waals surface area contributed by atoms with Crippen LogP contribution in [0.25, 0.3) is 0 Å². The van der Waals surface area contributed by atoms with Crippen LogP contribution in [-0.4, -0.2) is 54.2 Å². The lowest BCUT2D eigenvalue weighted by Crippen LogP contribution is -2.47. The van der Waals surface area contributed by atoms with Gasteiger partial charge >= 0.3 is 12.0 Å². The molecule has 1 heterocycles. The molecule has 0 spiro atoms. The smallest absolute Gasteiger partial charge is 0.326 e. The number of carboxylic acid groups (broad SMARTS) is 1. The third-order valence-electron chi connectivity index (χ3n) is 3.39. The Hall–Kier alpha value is -1.30. The van der Waals surface area contributed by atoms with E-state index in [4.69, 9.17) is 5.11 Å². The van der Waals surface area contributed by atoms with E-state index in [9.17, 15) is 9.59 Å². The van der Waals surface area contributed by atoms with Crippen molar-refractivity contribution in [2.24, 2.45) is 5.92 Å². The molecule has 0 bridgehead atoms. The van der Waals surface area contributed by atoms with Crippen molar-refractivity contribution in [1.29, 1.82) is 0 Å². The van der Waals surface area contributed by atoms with E-state index in [2.05, 4.69) is 22.5 Å². The van der Waals surface area contributed by atoms with Crippen molar-refractivity contribution in [3.05, 3.63) is 0 Å². The van der Waals surface area contributed by atoms with Crippen molar-refractivity contribution in [3.8, 4) is 0 Å².